The molecule has 0 bridgehead atoms. The lowest BCUT2D eigenvalue weighted by Gasteiger charge is -2.08. The molecule has 1 heterocycles. The highest BCUT2D eigenvalue weighted by Gasteiger charge is 2.07. The van der Waals surface area contributed by atoms with Crippen LogP contribution in [0.2, 0.25) is 0 Å². The lowest BCUT2D eigenvalue weighted by atomic mass is 10.1. The van der Waals surface area contributed by atoms with E-state index in [1.807, 2.05) is 61.6 Å². The van der Waals surface area contributed by atoms with Crippen molar-refractivity contribution in [3.05, 3.63) is 78.5 Å². The molecular formula is C19H17N3O. The minimum Gasteiger partial charge on any atom is -0.388 e. The molecule has 0 atom stereocenters. The second kappa shape index (κ2) is 6.75. The van der Waals surface area contributed by atoms with Crippen molar-refractivity contribution in [2.45, 2.75) is 0 Å². The highest BCUT2D eigenvalue weighted by molar-refractivity contribution is 6.04. The van der Waals surface area contributed by atoms with E-state index in [0.717, 1.165) is 22.6 Å². The van der Waals surface area contributed by atoms with Crippen LogP contribution in [0.3, 0.4) is 0 Å². The predicted octanol–water partition coefficient (Wildman–Crippen LogP) is 4.04. The maximum atomic E-state index is 12.3. The van der Waals surface area contributed by atoms with Crippen LogP contribution in [0.1, 0.15) is 10.4 Å². The maximum absolute atomic E-state index is 12.3. The Morgan fingerprint density at radius 2 is 1.74 bits per heavy atom. The molecule has 0 saturated carbocycles. The fourth-order valence-electron chi connectivity index (χ4n) is 2.28. The van der Waals surface area contributed by atoms with Crippen LogP contribution in [0.25, 0.3) is 11.3 Å². The number of anilines is 2. The third-order valence-electron chi connectivity index (χ3n) is 3.52. The Morgan fingerprint density at radius 1 is 0.913 bits per heavy atom. The first kappa shape index (κ1) is 14.8. The summed E-state index contributed by atoms with van der Waals surface area (Å²) in [5, 5.41) is 5.95. The van der Waals surface area contributed by atoms with Gasteiger partial charge in [-0.05, 0) is 48.5 Å². The van der Waals surface area contributed by atoms with Crippen molar-refractivity contribution in [1.82, 2.24) is 4.98 Å². The van der Waals surface area contributed by atoms with E-state index in [9.17, 15) is 4.79 Å². The number of pyridine rings is 1. The van der Waals surface area contributed by atoms with E-state index in [1.165, 1.54) is 0 Å². The van der Waals surface area contributed by atoms with Crippen LogP contribution < -0.4 is 10.6 Å². The zero-order valence-electron chi connectivity index (χ0n) is 12.8. The standard InChI is InChI=1S/C19H17N3O/c1-20-16-10-8-14(9-11-16)19(23)22-17-6-4-5-15(13-17)18-7-2-3-12-21-18/h2-13,20H,1H3,(H,22,23). The fraction of sp³-hybridized carbons (Fsp3) is 0.0526. The number of rotatable bonds is 4. The highest BCUT2D eigenvalue weighted by Crippen LogP contribution is 2.21. The molecule has 114 valence electrons. The summed E-state index contributed by atoms with van der Waals surface area (Å²) in [5.74, 6) is -0.133. The van der Waals surface area contributed by atoms with Gasteiger partial charge in [-0.15, -0.1) is 0 Å². The number of hydrogen-bond acceptors (Lipinski definition) is 3. The number of nitrogens with zero attached hydrogens (tertiary/aromatic N) is 1. The van der Waals surface area contributed by atoms with Crippen molar-refractivity contribution < 1.29 is 4.79 Å². The summed E-state index contributed by atoms with van der Waals surface area (Å²) in [7, 11) is 1.85. The smallest absolute Gasteiger partial charge is 0.255 e. The Morgan fingerprint density at radius 3 is 2.43 bits per heavy atom. The maximum Gasteiger partial charge on any atom is 0.255 e. The van der Waals surface area contributed by atoms with E-state index in [-0.39, 0.29) is 5.91 Å². The quantitative estimate of drug-likeness (QED) is 0.764. The van der Waals surface area contributed by atoms with Crippen LogP contribution >= 0.6 is 0 Å². The first-order valence-electron chi connectivity index (χ1n) is 7.37. The van der Waals surface area contributed by atoms with Gasteiger partial charge in [-0.3, -0.25) is 9.78 Å². The molecule has 0 aliphatic heterocycles. The Hall–Kier alpha value is -3.14. The summed E-state index contributed by atoms with van der Waals surface area (Å²) in [6.07, 6.45) is 1.75. The van der Waals surface area contributed by atoms with Crippen molar-refractivity contribution in [3.8, 4) is 11.3 Å². The molecule has 4 nitrogen and oxygen atoms in total. The first-order chi connectivity index (χ1) is 11.3. The van der Waals surface area contributed by atoms with Crippen molar-refractivity contribution in [1.29, 1.82) is 0 Å². The van der Waals surface area contributed by atoms with E-state index < -0.39 is 0 Å². The van der Waals surface area contributed by atoms with Crippen molar-refractivity contribution in [2.24, 2.45) is 0 Å². The minimum atomic E-state index is -0.133. The van der Waals surface area contributed by atoms with Gasteiger partial charge in [0.05, 0.1) is 5.69 Å². The molecule has 1 aromatic heterocycles. The molecule has 0 spiro atoms. The number of carbonyl (C=O) groups excluding carboxylic acids is 1. The van der Waals surface area contributed by atoms with Crippen LogP contribution in [0, 0.1) is 0 Å². The first-order valence-corrected chi connectivity index (χ1v) is 7.37. The Balaban J connectivity index is 1.78. The molecule has 4 heteroatoms. The van der Waals surface area contributed by atoms with Gasteiger partial charge in [0.2, 0.25) is 0 Å². The third-order valence-corrected chi connectivity index (χ3v) is 3.52. The van der Waals surface area contributed by atoms with Crippen molar-refractivity contribution >= 4 is 17.3 Å². The molecule has 2 aromatic carbocycles. The van der Waals surface area contributed by atoms with E-state index in [0.29, 0.717) is 5.56 Å². The van der Waals surface area contributed by atoms with Gasteiger partial charge < -0.3 is 10.6 Å². The Bertz CT molecular complexity index is 798. The second-order valence-corrected chi connectivity index (χ2v) is 5.08. The van der Waals surface area contributed by atoms with Gasteiger partial charge in [-0.2, -0.15) is 0 Å². The second-order valence-electron chi connectivity index (χ2n) is 5.08. The Kier molecular flexibility index (Phi) is 4.34. The zero-order chi connectivity index (χ0) is 16.1. The zero-order valence-corrected chi connectivity index (χ0v) is 12.8. The molecule has 3 rings (SSSR count). The molecule has 3 aromatic rings. The Labute approximate surface area is 135 Å². The summed E-state index contributed by atoms with van der Waals surface area (Å²) in [6.45, 7) is 0. The van der Waals surface area contributed by atoms with E-state index in [1.54, 1.807) is 18.3 Å². The number of carbonyl (C=O) groups is 1. The van der Waals surface area contributed by atoms with Gasteiger partial charge in [0.15, 0.2) is 0 Å². The number of aromatic nitrogens is 1. The van der Waals surface area contributed by atoms with Gasteiger partial charge in [0.1, 0.15) is 0 Å². The number of benzene rings is 2. The summed E-state index contributed by atoms with van der Waals surface area (Å²) in [6, 6.07) is 20.8. The lowest BCUT2D eigenvalue weighted by Crippen LogP contribution is -2.11. The number of amides is 1. The monoisotopic (exact) mass is 303 g/mol. The van der Waals surface area contributed by atoms with Crippen LogP contribution in [0.5, 0.6) is 0 Å². The molecule has 0 unspecified atom stereocenters. The van der Waals surface area contributed by atoms with Crippen LogP contribution in [-0.2, 0) is 0 Å². The van der Waals surface area contributed by atoms with Crippen molar-refractivity contribution in [2.75, 3.05) is 17.7 Å². The van der Waals surface area contributed by atoms with E-state index >= 15 is 0 Å². The van der Waals surface area contributed by atoms with Crippen LogP contribution in [-0.4, -0.2) is 17.9 Å². The average molecular weight is 303 g/mol. The van der Waals surface area contributed by atoms with E-state index in [2.05, 4.69) is 15.6 Å². The number of nitrogens with one attached hydrogen (secondary N) is 2. The van der Waals surface area contributed by atoms with Gasteiger partial charge >= 0.3 is 0 Å². The summed E-state index contributed by atoms with van der Waals surface area (Å²) in [5.41, 5.74) is 4.18. The van der Waals surface area contributed by atoms with E-state index in [4.69, 9.17) is 0 Å². The van der Waals surface area contributed by atoms with Crippen LogP contribution in [0.4, 0.5) is 11.4 Å². The van der Waals surface area contributed by atoms with Gasteiger partial charge in [0, 0.05) is 35.7 Å². The minimum absolute atomic E-state index is 0.133. The largest absolute Gasteiger partial charge is 0.388 e. The molecular weight excluding hydrogens is 286 g/mol. The van der Waals surface area contributed by atoms with Crippen molar-refractivity contribution in [3.63, 3.8) is 0 Å². The van der Waals surface area contributed by atoms with Gasteiger partial charge in [-0.1, -0.05) is 18.2 Å². The lowest BCUT2D eigenvalue weighted by molar-refractivity contribution is 0.102. The summed E-state index contributed by atoms with van der Waals surface area (Å²) in [4.78, 5) is 16.6. The molecule has 0 aliphatic rings. The molecule has 0 saturated heterocycles. The van der Waals surface area contributed by atoms with Gasteiger partial charge in [-0.25, -0.2) is 0 Å². The molecule has 0 aliphatic carbocycles. The molecule has 23 heavy (non-hydrogen) atoms. The molecule has 0 radical (unpaired) electrons. The predicted molar refractivity (Wildman–Crippen MR) is 93.6 cm³/mol. The highest BCUT2D eigenvalue weighted by atomic mass is 16.1. The topological polar surface area (TPSA) is 54.0 Å². The van der Waals surface area contributed by atoms with Crippen LogP contribution in [0.15, 0.2) is 72.9 Å². The number of hydrogen-bond donors (Lipinski definition) is 2. The third kappa shape index (κ3) is 3.55. The fourth-order valence-corrected chi connectivity index (χ4v) is 2.28. The molecule has 0 fully saturated rings. The normalized spacial score (nSPS) is 10.1. The average Bonchev–Trinajstić information content (AvgIpc) is 2.63. The SMILES string of the molecule is CNc1ccc(C(=O)Nc2cccc(-c3ccccn3)c2)cc1. The van der Waals surface area contributed by atoms with Gasteiger partial charge in [0.25, 0.3) is 5.91 Å². The summed E-state index contributed by atoms with van der Waals surface area (Å²) >= 11 is 0. The molecule has 2 N–H and O–H groups in total. The summed E-state index contributed by atoms with van der Waals surface area (Å²) < 4.78 is 0. The molecule has 1 amide bonds.